The van der Waals surface area contributed by atoms with Crippen LogP contribution in [0, 0.1) is 11.7 Å². The van der Waals surface area contributed by atoms with Crippen molar-refractivity contribution in [1.82, 2.24) is 5.43 Å². The Balaban J connectivity index is 1.89. The van der Waals surface area contributed by atoms with Crippen LogP contribution in [0.15, 0.2) is 18.2 Å². The van der Waals surface area contributed by atoms with Crippen LogP contribution in [0.5, 0.6) is 5.75 Å². The molecule has 0 spiro atoms. The van der Waals surface area contributed by atoms with Crippen LogP contribution in [0.2, 0.25) is 0 Å². The molecule has 1 aromatic carbocycles. The molecular weight excluding hydrogens is 345 g/mol. The molecule has 142 valence electrons. The molecule has 0 aromatic heterocycles. The first kappa shape index (κ1) is 19.6. The van der Waals surface area contributed by atoms with Crippen LogP contribution in [0.1, 0.15) is 32.6 Å². The zero-order chi connectivity index (χ0) is 19.1. The molecule has 2 amide bonds. The minimum absolute atomic E-state index is 0.113. The summed E-state index contributed by atoms with van der Waals surface area (Å²) in [6.45, 7) is 2.14. The molecule has 1 aliphatic rings. The summed E-state index contributed by atoms with van der Waals surface area (Å²) in [7, 11) is 0. The van der Waals surface area contributed by atoms with E-state index in [-0.39, 0.29) is 23.7 Å². The zero-order valence-electron chi connectivity index (χ0n) is 14.4. The molecule has 8 nitrogen and oxygen atoms in total. The highest BCUT2D eigenvalue weighted by Gasteiger charge is 2.28. The van der Waals surface area contributed by atoms with E-state index in [4.69, 9.17) is 15.3 Å². The molecule has 1 saturated carbocycles. The van der Waals surface area contributed by atoms with Crippen molar-refractivity contribution in [1.29, 1.82) is 0 Å². The average molecular weight is 367 g/mol. The highest BCUT2D eigenvalue weighted by molar-refractivity contribution is 6.39. The van der Waals surface area contributed by atoms with Gasteiger partial charge in [-0.3, -0.25) is 19.8 Å². The van der Waals surface area contributed by atoms with Gasteiger partial charge in [0.15, 0.2) is 0 Å². The Bertz CT molecular complexity index is 674. The van der Waals surface area contributed by atoms with Crippen molar-refractivity contribution in [2.45, 2.75) is 38.7 Å². The minimum atomic E-state index is -1.08. The van der Waals surface area contributed by atoms with E-state index in [0.29, 0.717) is 38.0 Å². The van der Waals surface area contributed by atoms with E-state index >= 15 is 0 Å². The molecule has 26 heavy (non-hydrogen) atoms. The molecule has 0 saturated heterocycles. The fourth-order valence-electron chi connectivity index (χ4n) is 2.78. The second kappa shape index (κ2) is 9.14. The molecule has 2 rings (SSSR count). The normalized spacial score (nSPS) is 19.3. The predicted octanol–water partition coefficient (Wildman–Crippen LogP) is 1.25. The third-order valence-corrected chi connectivity index (χ3v) is 4.12. The highest BCUT2D eigenvalue weighted by Crippen LogP contribution is 2.29. The van der Waals surface area contributed by atoms with Gasteiger partial charge in [0, 0.05) is 6.07 Å². The number of nitrogens with two attached hydrogens (primary N) is 1. The van der Waals surface area contributed by atoms with Crippen molar-refractivity contribution in [3.05, 3.63) is 24.0 Å². The lowest BCUT2D eigenvalue weighted by atomic mass is 9.87. The minimum Gasteiger partial charge on any atom is -0.490 e. The predicted molar refractivity (Wildman–Crippen MR) is 90.4 cm³/mol. The van der Waals surface area contributed by atoms with Crippen molar-refractivity contribution in [3.8, 4) is 5.75 Å². The fourth-order valence-corrected chi connectivity index (χ4v) is 2.78. The van der Waals surface area contributed by atoms with Crippen molar-refractivity contribution < 1.29 is 28.2 Å². The van der Waals surface area contributed by atoms with E-state index in [1.54, 1.807) is 12.3 Å². The molecule has 4 N–H and O–H groups in total. The number of amides is 2. The molecule has 0 unspecified atom stereocenters. The molecule has 0 aliphatic heterocycles. The molecule has 1 aromatic rings. The van der Waals surface area contributed by atoms with Gasteiger partial charge >= 0.3 is 17.8 Å². The van der Waals surface area contributed by atoms with Crippen LogP contribution >= 0.6 is 0 Å². The molecule has 0 radical (unpaired) electrons. The molecule has 1 fully saturated rings. The standard InChI is InChI=1S/C17H22FN3O5/c1-2-25-17(24)10-3-5-11(6-4-10)26-12-7-8-14(13(18)9-12)20-15(22)16(23)21-19/h7-11H,2-6,19H2,1H3,(H,20,22)(H,21,23)/t10-,11-. The van der Waals surface area contributed by atoms with Crippen LogP contribution in [0.4, 0.5) is 10.1 Å². The SMILES string of the molecule is CCOC(=O)[C@H]1CC[C@H](Oc2ccc(NC(=O)C(=O)NN)c(F)c2)CC1. The van der Waals surface area contributed by atoms with E-state index in [1.165, 1.54) is 12.1 Å². The van der Waals surface area contributed by atoms with Gasteiger partial charge in [-0.2, -0.15) is 0 Å². The molecule has 1 aliphatic carbocycles. The number of hydrogen-bond acceptors (Lipinski definition) is 6. The zero-order valence-corrected chi connectivity index (χ0v) is 14.4. The number of hydrazine groups is 1. The van der Waals surface area contributed by atoms with Gasteiger partial charge in [0.1, 0.15) is 11.6 Å². The van der Waals surface area contributed by atoms with Gasteiger partial charge in [0.2, 0.25) is 0 Å². The van der Waals surface area contributed by atoms with Crippen LogP contribution in [0.3, 0.4) is 0 Å². The monoisotopic (exact) mass is 367 g/mol. The number of esters is 1. The summed E-state index contributed by atoms with van der Waals surface area (Å²) in [4.78, 5) is 34.2. The fraction of sp³-hybridized carbons (Fsp3) is 0.471. The number of rotatable bonds is 5. The number of halogens is 1. The first-order chi connectivity index (χ1) is 12.4. The second-order valence-electron chi connectivity index (χ2n) is 5.91. The number of anilines is 1. The number of ether oxygens (including phenoxy) is 2. The van der Waals surface area contributed by atoms with Gasteiger partial charge in [0.25, 0.3) is 0 Å². The number of nitrogens with one attached hydrogen (secondary N) is 2. The molecule has 0 heterocycles. The third kappa shape index (κ3) is 5.16. The first-order valence-electron chi connectivity index (χ1n) is 8.39. The summed E-state index contributed by atoms with van der Waals surface area (Å²) in [6, 6.07) is 3.93. The van der Waals surface area contributed by atoms with Crippen LogP contribution in [-0.4, -0.2) is 30.5 Å². The highest BCUT2D eigenvalue weighted by atomic mass is 19.1. The van der Waals surface area contributed by atoms with E-state index < -0.39 is 17.6 Å². The van der Waals surface area contributed by atoms with E-state index in [2.05, 4.69) is 5.32 Å². The Morgan fingerprint density at radius 1 is 1.19 bits per heavy atom. The number of benzene rings is 1. The van der Waals surface area contributed by atoms with Gasteiger partial charge in [-0.15, -0.1) is 0 Å². The Kier molecular flexibility index (Phi) is 6.90. The van der Waals surface area contributed by atoms with Gasteiger partial charge in [0.05, 0.1) is 24.3 Å². The van der Waals surface area contributed by atoms with Crippen LogP contribution in [-0.2, 0) is 19.1 Å². The van der Waals surface area contributed by atoms with Crippen LogP contribution < -0.4 is 21.3 Å². The molecule has 9 heteroatoms. The first-order valence-corrected chi connectivity index (χ1v) is 8.39. The second-order valence-corrected chi connectivity index (χ2v) is 5.91. The summed E-state index contributed by atoms with van der Waals surface area (Å²) < 4.78 is 24.8. The Labute approximate surface area is 150 Å². The van der Waals surface area contributed by atoms with Crippen molar-refractivity contribution >= 4 is 23.5 Å². The maximum Gasteiger partial charge on any atom is 0.323 e. The largest absolute Gasteiger partial charge is 0.490 e. The number of carbonyl (C=O) groups is 3. The Hall–Kier alpha value is -2.68. The quantitative estimate of drug-likeness (QED) is 0.237. The Morgan fingerprint density at radius 2 is 1.88 bits per heavy atom. The summed E-state index contributed by atoms with van der Waals surface area (Å²) >= 11 is 0. The smallest absolute Gasteiger partial charge is 0.323 e. The summed E-state index contributed by atoms with van der Waals surface area (Å²) in [5.74, 6) is 1.96. The van der Waals surface area contributed by atoms with Gasteiger partial charge in [-0.05, 0) is 44.7 Å². The van der Waals surface area contributed by atoms with Crippen molar-refractivity contribution in [2.75, 3.05) is 11.9 Å². The van der Waals surface area contributed by atoms with Gasteiger partial charge < -0.3 is 14.8 Å². The lowest BCUT2D eigenvalue weighted by Crippen LogP contribution is -2.39. The van der Waals surface area contributed by atoms with E-state index in [1.807, 2.05) is 0 Å². The maximum absolute atomic E-state index is 14.1. The van der Waals surface area contributed by atoms with Crippen LogP contribution in [0.25, 0.3) is 0 Å². The van der Waals surface area contributed by atoms with E-state index in [0.717, 1.165) is 6.07 Å². The summed E-state index contributed by atoms with van der Waals surface area (Å²) in [5, 5.41) is 2.11. The average Bonchev–Trinajstić information content (AvgIpc) is 2.64. The summed E-state index contributed by atoms with van der Waals surface area (Å²) in [6.07, 6.45) is 2.53. The van der Waals surface area contributed by atoms with Crippen molar-refractivity contribution in [3.63, 3.8) is 0 Å². The molecular formula is C17H22FN3O5. The van der Waals surface area contributed by atoms with E-state index in [9.17, 15) is 18.8 Å². The molecule has 0 bridgehead atoms. The number of hydrogen-bond donors (Lipinski definition) is 3. The lowest BCUT2D eigenvalue weighted by Gasteiger charge is -2.27. The Morgan fingerprint density at radius 3 is 2.46 bits per heavy atom. The topological polar surface area (TPSA) is 120 Å². The number of carbonyl (C=O) groups excluding carboxylic acids is 3. The van der Waals surface area contributed by atoms with Gasteiger partial charge in [-0.1, -0.05) is 0 Å². The lowest BCUT2D eigenvalue weighted by molar-refractivity contribution is -0.149. The third-order valence-electron chi connectivity index (χ3n) is 4.12. The molecule has 0 atom stereocenters. The van der Waals surface area contributed by atoms with Crippen molar-refractivity contribution in [2.24, 2.45) is 11.8 Å². The van der Waals surface area contributed by atoms with Gasteiger partial charge in [-0.25, -0.2) is 10.2 Å². The summed E-state index contributed by atoms with van der Waals surface area (Å²) in [5.41, 5.74) is 1.50. The maximum atomic E-state index is 14.1.